The number of Topliss-reactive ketones (excluding diaryl/α,β-unsaturated/α-hetero) is 1. The van der Waals surface area contributed by atoms with Gasteiger partial charge in [-0.25, -0.2) is 0 Å². The molecule has 1 aromatic rings. The lowest BCUT2D eigenvalue weighted by molar-refractivity contribution is -0.198. The summed E-state index contributed by atoms with van der Waals surface area (Å²) in [5.74, 6) is 0.0226. The van der Waals surface area contributed by atoms with Gasteiger partial charge >= 0.3 is 0 Å². The van der Waals surface area contributed by atoms with Crippen LogP contribution in [0.5, 0.6) is 0 Å². The van der Waals surface area contributed by atoms with Crippen LogP contribution >= 0.6 is 0 Å². The maximum atomic E-state index is 12.7. The minimum atomic E-state index is -0.328. The van der Waals surface area contributed by atoms with Gasteiger partial charge in [0.15, 0.2) is 5.78 Å². The van der Waals surface area contributed by atoms with Crippen molar-refractivity contribution in [2.24, 2.45) is 7.05 Å². The molecule has 0 atom stereocenters. The minimum absolute atomic E-state index is 0.0282. The normalized spacial score (nSPS) is 22.0. The second-order valence-corrected chi connectivity index (χ2v) is 7.83. The average molecular weight is 333 g/mol. The van der Waals surface area contributed by atoms with E-state index in [0.717, 1.165) is 25.7 Å². The zero-order chi connectivity index (χ0) is 17.4. The van der Waals surface area contributed by atoms with Crippen LogP contribution in [-0.2, 0) is 16.6 Å². The molecule has 1 amide bonds. The molecule has 0 N–H and O–H groups in total. The van der Waals surface area contributed by atoms with E-state index in [1.54, 1.807) is 24.1 Å². The van der Waals surface area contributed by atoms with Crippen LogP contribution in [0.2, 0.25) is 0 Å². The van der Waals surface area contributed by atoms with Crippen LogP contribution in [0.4, 0.5) is 0 Å². The smallest absolute Gasteiger partial charge is 0.223 e. The van der Waals surface area contributed by atoms with Gasteiger partial charge in [-0.05, 0) is 26.7 Å². The van der Waals surface area contributed by atoms with Crippen LogP contribution in [0, 0.1) is 0 Å². The molecule has 6 heteroatoms. The molecule has 1 aromatic heterocycles. The Morgan fingerprint density at radius 3 is 2.54 bits per heavy atom. The molecule has 2 fully saturated rings. The Bertz CT molecular complexity index is 629. The largest absolute Gasteiger partial charge is 0.365 e. The van der Waals surface area contributed by atoms with Crippen molar-refractivity contribution in [2.75, 3.05) is 13.1 Å². The highest BCUT2D eigenvalue weighted by atomic mass is 16.5. The second kappa shape index (κ2) is 6.31. The zero-order valence-electron chi connectivity index (χ0n) is 14.9. The van der Waals surface area contributed by atoms with E-state index in [-0.39, 0.29) is 35.7 Å². The number of nitrogens with zero attached hydrogens (tertiary/aromatic N) is 3. The van der Waals surface area contributed by atoms with E-state index in [0.29, 0.717) is 18.7 Å². The van der Waals surface area contributed by atoms with Crippen molar-refractivity contribution < 1.29 is 14.3 Å². The first-order valence-corrected chi connectivity index (χ1v) is 8.78. The lowest BCUT2D eigenvalue weighted by Crippen LogP contribution is -2.60. The van der Waals surface area contributed by atoms with Crippen LogP contribution in [0.15, 0.2) is 12.4 Å². The zero-order valence-corrected chi connectivity index (χ0v) is 14.9. The molecule has 1 saturated heterocycles. The van der Waals surface area contributed by atoms with Crippen molar-refractivity contribution in [2.45, 2.75) is 63.6 Å². The molecule has 132 valence electrons. The fourth-order valence-corrected chi connectivity index (χ4v) is 4.06. The van der Waals surface area contributed by atoms with E-state index in [1.165, 1.54) is 0 Å². The monoisotopic (exact) mass is 333 g/mol. The molecular weight excluding hydrogens is 306 g/mol. The van der Waals surface area contributed by atoms with E-state index in [1.807, 2.05) is 18.7 Å². The molecule has 0 radical (unpaired) electrons. The molecule has 24 heavy (non-hydrogen) atoms. The number of hydrogen-bond acceptors (Lipinski definition) is 4. The highest BCUT2D eigenvalue weighted by Crippen LogP contribution is 2.40. The number of morpholine rings is 1. The molecule has 6 nitrogen and oxygen atoms in total. The van der Waals surface area contributed by atoms with E-state index in [4.69, 9.17) is 4.74 Å². The highest BCUT2D eigenvalue weighted by Gasteiger charge is 2.46. The van der Waals surface area contributed by atoms with Crippen LogP contribution in [-0.4, -0.2) is 50.7 Å². The van der Waals surface area contributed by atoms with E-state index in [2.05, 4.69) is 5.10 Å². The number of aromatic nitrogens is 2. The van der Waals surface area contributed by atoms with E-state index >= 15 is 0 Å². The molecule has 1 spiro atoms. The first-order valence-electron chi connectivity index (χ1n) is 8.78. The fraction of sp³-hybridized carbons (Fsp3) is 0.722. The Morgan fingerprint density at radius 1 is 1.21 bits per heavy atom. The van der Waals surface area contributed by atoms with Crippen molar-refractivity contribution in [1.82, 2.24) is 14.7 Å². The summed E-state index contributed by atoms with van der Waals surface area (Å²) in [5, 5.41) is 4.01. The van der Waals surface area contributed by atoms with Crippen LogP contribution in [0.3, 0.4) is 0 Å². The average Bonchev–Trinajstić information content (AvgIpc) is 3.12. The molecule has 2 heterocycles. The van der Waals surface area contributed by atoms with E-state index in [9.17, 15) is 9.59 Å². The third kappa shape index (κ3) is 3.69. The number of ketones is 1. The van der Waals surface area contributed by atoms with Crippen molar-refractivity contribution in [3.63, 3.8) is 0 Å². The van der Waals surface area contributed by atoms with Gasteiger partial charge < -0.3 is 9.64 Å². The van der Waals surface area contributed by atoms with Gasteiger partial charge in [-0.3, -0.25) is 14.3 Å². The van der Waals surface area contributed by atoms with Crippen molar-refractivity contribution in [3.8, 4) is 0 Å². The number of hydrogen-bond donors (Lipinski definition) is 0. The van der Waals surface area contributed by atoms with Gasteiger partial charge in [-0.1, -0.05) is 12.8 Å². The van der Waals surface area contributed by atoms with Gasteiger partial charge in [0.25, 0.3) is 0 Å². The third-order valence-electron chi connectivity index (χ3n) is 5.00. The SMILES string of the molecule is Cn1cc(C(=O)CCC(=O)N2CC(C)(C)OC3(CCCC3)C2)cn1. The Hall–Kier alpha value is -1.69. The number of amides is 1. The van der Waals surface area contributed by atoms with Crippen LogP contribution < -0.4 is 0 Å². The molecular formula is C18H27N3O3. The van der Waals surface area contributed by atoms with Gasteiger partial charge in [0.1, 0.15) is 0 Å². The summed E-state index contributed by atoms with van der Waals surface area (Å²) in [6.45, 7) is 5.35. The van der Waals surface area contributed by atoms with Crippen molar-refractivity contribution >= 4 is 11.7 Å². The van der Waals surface area contributed by atoms with Gasteiger partial charge in [0.05, 0.1) is 23.0 Å². The lowest BCUT2D eigenvalue weighted by atomic mass is 9.93. The number of carbonyl (C=O) groups is 2. The first kappa shape index (κ1) is 17.1. The summed E-state index contributed by atoms with van der Waals surface area (Å²) >= 11 is 0. The summed E-state index contributed by atoms with van der Waals surface area (Å²) in [5.41, 5.74) is 0.0657. The summed E-state index contributed by atoms with van der Waals surface area (Å²) in [7, 11) is 1.78. The number of rotatable bonds is 4. The Kier molecular flexibility index (Phi) is 4.51. The molecule has 1 aliphatic heterocycles. The lowest BCUT2D eigenvalue weighted by Gasteiger charge is -2.48. The van der Waals surface area contributed by atoms with Crippen molar-refractivity contribution in [3.05, 3.63) is 18.0 Å². The second-order valence-electron chi connectivity index (χ2n) is 7.83. The van der Waals surface area contributed by atoms with Gasteiger partial charge in [0.2, 0.25) is 5.91 Å². The standard InChI is InChI=1S/C18H27N3O3/c1-17(2)12-21(13-18(24-17)8-4-5-9-18)16(23)7-6-15(22)14-10-19-20(3)11-14/h10-11H,4-9,12-13H2,1-3H3. The summed E-state index contributed by atoms with van der Waals surface area (Å²) in [4.78, 5) is 26.7. The van der Waals surface area contributed by atoms with Crippen LogP contribution in [0.25, 0.3) is 0 Å². The summed E-state index contributed by atoms with van der Waals surface area (Å²) < 4.78 is 7.93. The molecule has 0 aromatic carbocycles. The van der Waals surface area contributed by atoms with Gasteiger partial charge in [-0.2, -0.15) is 5.10 Å². The fourth-order valence-electron chi connectivity index (χ4n) is 4.06. The number of aryl methyl sites for hydroxylation is 1. The topological polar surface area (TPSA) is 64.4 Å². The maximum absolute atomic E-state index is 12.7. The Morgan fingerprint density at radius 2 is 1.92 bits per heavy atom. The van der Waals surface area contributed by atoms with Gasteiger partial charge in [0, 0.05) is 39.2 Å². The minimum Gasteiger partial charge on any atom is -0.365 e. The quantitative estimate of drug-likeness (QED) is 0.793. The number of ether oxygens (including phenoxy) is 1. The molecule has 1 aliphatic carbocycles. The van der Waals surface area contributed by atoms with Crippen molar-refractivity contribution in [1.29, 1.82) is 0 Å². The molecule has 3 rings (SSSR count). The number of carbonyl (C=O) groups excluding carboxylic acids is 2. The first-order chi connectivity index (χ1) is 11.3. The highest BCUT2D eigenvalue weighted by molar-refractivity contribution is 5.97. The third-order valence-corrected chi connectivity index (χ3v) is 5.00. The summed E-state index contributed by atoms with van der Waals surface area (Å²) in [6.07, 6.45) is 8.10. The maximum Gasteiger partial charge on any atom is 0.223 e. The Labute approximate surface area is 143 Å². The summed E-state index contributed by atoms with van der Waals surface area (Å²) in [6, 6.07) is 0. The predicted octanol–water partition coefficient (Wildman–Crippen LogP) is 2.33. The predicted molar refractivity (Wildman–Crippen MR) is 89.7 cm³/mol. The molecule has 0 unspecified atom stereocenters. The van der Waals surface area contributed by atoms with Gasteiger partial charge in [-0.15, -0.1) is 0 Å². The van der Waals surface area contributed by atoms with Crippen LogP contribution in [0.1, 0.15) is 62.7 Å². The Balaban J connectivity index is 1.60. The molecule has 1 saturated carbocycles. The van der Waals surface area contributed by atoms with E-state index < -0.39 is 0 Å². The molecule has 0 bridgehead atoms. The molecule has 2 aliphatic rings.